The van der Waals surface area contributed by atoms with E-state index in [0.717, 1.165) is 22.7 Å². The van der Waals surface area contributed by atoms with Crippen LogP contribution in [0, 0.1) is 0 Å². The normalized spacial score (nSPS) is 10.7. The molecule has 0 spiro atoms. The van der Waals surface area contributed by atoms with Gasteiger partial charge in [0.05, 0.1) is 18.1 Å². The standard InChI is InChI=1S/C22H17NO3/c1-25-18-10-7-16(8-11-18)23-17-9-12-19-21(13-17)26-14-20(22(19)24)15-5-3-2-4-6-15/h2-14,23H,1H3. The first-order valence-corrected chi connectivity index (χ1v) is 8.27. The fraction of sp³-hybridized carbons (Fsp3) is 0.0455. The van der Waals surface area contributed by atoms with Crippen LogP contribution in [0.3, 0.4) is 0 Å². The lowest BCUT2D eigenvalue weighted by Gasteiger charge is -2.09. The molecule has 0 aliphatic rings. The zero-order valence-electron chi connectivity index (χ0n) is 14.2. The van der Waals surface area contributed by atoms with Crippen LogP contribution in [0.1, 0.15) is 0 Å². The molecule has 0 amide bonds. The van der Waals surface area contributed by atoms with Crippen molar-refractivity contribution in [3.05, 3.63) is 89.3 Å². The van der Waals surface area contributed by atoms with E-state index in [4.69, 9.17) is 9.15 Å². The monoisotopic (exact) mass is 343 g/mol. The highest BCUT2D eigenvalue weighted by Gasteiger charge is 2.09. The number of fused-ring (bicyclic) bond motifs is 1. The largest absolute Gasteiger partial charge is 0.497 e. The van der Waals surface area contributed by atoms with Gasteiger partial charge in [-0.15, -0.1) is 0 Å². The third-order valence-corrected chi connectivity index (χ3v) is 4.24. The van der Waals surface area contributed by atoms with Gasteiger partial charge in [-0.3, -0.25) is 4.79 Å². The molecular weight excluding hydrogens is 326 g/mol. The first-order valence-electron chi connectivity index (χ1n) is 8.27. The van der Waals surface area contributed by atoms with Crippen LogP contribution >= 0.6 is 0 Å². The van der Waals surface area contributed by atoms with E-state index in [1.165, 1.54) is 6.26 Å². The number of hydrogen-bond acceptors (Lipinski definition) is 4. The second-order valence-electron chi connectivity index (χ2n) is 5.91. The number of anilines is 2. The molecule has 0 aliphatic heterocycles. The maximum atomic E-state index is 12.8. The van der Waals surface area contributed by atoms with Gasteiger partial charge in [-0.2, -0.15) is 0 Å². The van der Waals surface area contributed by atoms with E-state index in [0.29, 0.717) is 16.5 Å². The van der Waals surface area contributed by atoms with Gasteiger partial charge in [-0.25, -0.2) is 0 Å². The molecule has 26 heavy (non-hydrogen) atoms. The van der Waals surface area contributed by atoms with Crippen molar-refractivity contribution >= 4 is 22.3 Å². The van der Waals surface area contributed by atoms with Crippen LogP contribution in [0.25, 0.3) is 22.1 Å². The van der Waals surface area contributed by atoms with Gasteiger partial charge in [-0.05, 0) is 42.0 Å². The second-order valence-corrected chi connectivity index (χ2v) is 5.91. The molecule has 1 N–H and O–H groups in total. The number of methoxy groups -OCH3 is 1. The van der Waals surface area contributed by atoms with Crippen LogP contribution in [-0.2, 0) is 0 Å². The molecule has 1 aromatic heterocycles. The molecule has 0 fully saturated rings. The summed E-state index contributed by atoms with van der Waals surface area (Å²) in [5.41, 5.74) is 3.70. The van der Waals surface area contributed by atoms with Gasteiger partial charge in [0.1, 0.15) is 17.6 Å². The van der Waals surface area contributed by atoms with Crippen molar-refractivity contribution in [1.29, 1.82) is 0 Å². The highest BCUT2D eigenvalue weighted by atomic mass is 16.5. The number of benzene rings is 3. The van der Waals surface area contributed by atoms with E-state index >= 15 is 0 Å². The van der Waals surface area contributed by atoms with Gasteiger partial charge >= 0.3 is 0 Å². The van der Waals surface area contributed by atoms with Gasteiger partial charge in [-0.1, -0.05) is 30.3 Å². The highest BCUT2D eigenvalue weighted by molar-refractivity contribution is 5.85. The van der Waals surface area contributed by atoms with Crippen LogP contribution in [-0.4, -0.2) is 7.11 Å². The molecule has 0 saturated heterocycles. The second kappa shape index (κ2) is 6.76. The zero-order chi connectivity index (χ0) is 17.9. The average molecular weight is 343 g/mol. The Balaban J connectivity index is 1.68. The maximum Gasteiger partial charge on any atom is 0.200 e. The molecule has 1 heterocycles. The number of nitrogens with one attached hydrogen (secondary N) is 1. The molecule has 0 atom stereocenters. The van der Waals surface area contributed by atoms with Crippen molar-refractivity contribution in [2.45, 2.75) is 0 Å². The number of rotatable bonds is 4. The van der Waals surface area contributed by atoms with E-state index in [-0.39, 0.29) is 5.43 Å². The Morgan fingerprint density at radius 3 is 2.35 bits per heavy atom. The van der Waals surface area contributed by atoms with E-state index in [9.17, 15) is 4.79 Å². The fourth-order valence-electron chi connectivity index (χ4n) is 2.86. The minimum atomic E-state index is -0.0338. The van der Waals surface area contributed by atoms with Crippen molar-refractivity contribution in [1.82, 2.24) is 0 Å². The predicted octanol–water partition coefficient (Wildman–Crippen LogP) is 5.21. The van der Waals surface area contributed by atoms with Crippen LogP contribution in [0.15, 0.2) is 88.3 Å². The SMILES string of the molecule is COc1ccc(Nc2ccc3c(=O)c(-c4ccccc4)coc3c2)cc1. The van der Waals surface area contributed by atoms with E-state index in [1.807, 2.05) is 66.7 Å². The van der Waals surface area contributed by atoms with Crippen molar-refractivity contribution in [3.8, 4) is 16.9 Å². The molecule has 3 aromatic carbocycles. The predicted molar refractivity (Wildman–Crippen MR) is 104 cm³/mol. The summed E-state index contributed by atoms with van der Waals surface area (Å²) in [6, 6.07) is 22.6. The third-order valence-electron chi connectivity index (χ3n) is 4.24. The molecular formula is C22H17NO3. The molecule has 4 aromatic rings. The Hall–Kier alpha value is -3.53. The van der Waals surface area contributed by atoms with Gasteiger partial charge in [0.15, 0.2) is 5.43 Å². The molecule has 4 rings (SSSR count). The van der Waals surface area contributed by atoms with Gasteiger partial charge < -0.3 is 14.5 Å². The molecule has 0 saturated carbocycles. The third kappa shape index (κ3) is 3.05. The topological polar surface area (TPSA) is 51.5 Å². The average Bonchev–Trinajstić information content (AvgIpc) is 2.69. The van der Waals surface area contributed by atoms with Crippen molar-refractivity contribution < 1.29 is 9.15 Å². The maximum absolute atomic E-state index is 12.8. The van der Waals surface area contributed by atoms with Crippen LogP contribution < -0.4 is 15.5 Å². The first-order chi connectivity index (χ1) is 12.7. The Kier molecular flexibility index (Phi) is 4.15. The minimum Gasteiger partial charge on any atom is -0.497 e. The first kappa shape index (κ1) is 16.0. The molecule has 128 valence electrons. The Morgan fingerprint density at radius 2 is 1.62 bits per heavy atom. The van der Waals surface area contributed by atoms with Crippen LogP contribution in [0.2, 0.25) is 0 Å². The Bertz CT molecular complexity index is 1100. The van der Waals surface area contributed by atoms with E-state index < -0.39 is 0 Å². The summed E-state index contributed by atoms with van der Waals surface area (Å²) in [7, 11) is 1.64. The fourth-order valence-corrected chi connectivity index (χ4v) is 2.86. The lowest BCUT2D eigenvalue weighted by molar-refractivity contribution is 0.415. The summed E-state index contributed by atoms with van der Waals surface area (Å²) >= 11 is 0. The summed E-state index contributed by atoms with van der Waals surface area (Å²) in [6.45, 7) is 0. The van der Waals surface area contributed by atoms with Gasteiger partial charge in [0.2, 0.25) is 0 Å². The quantitative estimate of drug-likeness (QED) is 0.552. The van der Waals surface area contributed by atoms with Crippen LogP contribution in [0.5, 0.6) is 5.75 Å². The minimum absolute atomic E-state index is 0.0338. The van der Waals surface area contributed by atoms with Crippen molar-refractivity contribution in [2.24, 2.45) is 0 Å². The summed E-state index contributed by atoms with van der Waals surface area (Å²) in [5.74, 6) is 0.800. The summed E-state index contributed by atoms with van der Waals surface area (Å²) in [5, 5.41) is 3.86. The Morgan fingerprint density at radius 1 is 0.885 bits per heavy atom. The van der Waals surface area contributed by atoms with Crippen LogP contribution in [0.4, 0.5) is 11.4 Å². The van der Waals surface area contributed by atoms with Crippen molar-refractivity contribution in [2.75, 3.05) is 12.4 Å². The summed E-state index contributed by atoms with van der Waals surface area (Å²) in [4.78, 5) is 12.8. The van der Waals surface area contributed by atoms with E-state index in [2.05, 4.69) is 5.32 Å². The zero-order valence-corrected chi connectivity index (χ0v) is 14.2. The van der Waals surface area contributed by atoms with Gasteiger partial charge in [0.25, 0.3) is 0 Å². The number of ether oxygens (including phenoxy) is 1. The van der Waals surface area contributed by atoms with E-state index in [1.54, 1.807) is 13.2 Å². The summed E-state index contributed by atoms with van der Waals surface area (Å²) in [6.07, 6.45) is 1.52. The molecule has 0 aliphatic carbocycles. The van der Waals surface area contributed by atoms with Gasteiger partial charge in [0, 0.05) is 17.4 Å². The summed E-state index contributed by atoms with van der Waals surface area (Å²) < 4.78 is 10.9. The molecule has 0 radical (unpaired) electrons. The Labute approximate surface area is 150 Å². The molecule has 0 unspecified atom stereocenters. The lowest BCUT2D eigenvalue weighted by Crippen LogP contribution is -2.04. The highest BCUT2D eigenvalue weighted by Crippen LogP contribution is 2.25. The molecule has 4 heteroatoms. The number of hydrogen-bond donors (Lipinski definition) is 1. The smallest absolute Gasteiger partial charge is 0.200 e. The van der Waals surface area contributed by atoms with Crippen molar-refractivity contribution in [3.63, 3.8) is 0 Å². The lowest BCUT2D eigenvalue weighted by atomic mass is 10.1. The molecule has 4 nitrogen and oxygen atoms in total. The molecule has 0 bridgehead atoms.